The van der Waals surface area contributed by atoms with Crippen molar-refractivity contribution < 1.29 is 13.2 Å². The van der Waals surface area contributed by atoms with Crippen LogP contribution in [0.4, 0.5) is 13.2 Å². The van der Waals surface area contributed by atoms with Crippen LogP contribution in [-0.4, -0.2) is 6.54 Å². The first-order chi connectivity index (χ1) is 5.65. The summed E-state index contributed by atoms with van der Waals surface area (Å²) in [5, 5.41) is 0. The fourth-order valence-electron chi connectivity index (χ4n) is 0.947. The third kappa shape index (κ3) is 2.90. The lowest BCUT2D eigenvalue weighted by Gasteiger charge is -2.01. The monoisotopic (exact) mass is 211 g/mol. The van der Waals surface area contributed by atoms with Gasteiger partial charge in [0, 0.05) is 6.07 Å². The maximum absolute atomic E-state index is 12.8. The van der Waals surface area contributed by atoms with Crippen LogP contribution in [0.1, 0.15) is 5.56 Å². The van der Waals surface area contributed by atoms with Crippen molar-refractivity contribution in [2.24, 2.45) is 5.73 Å². The average molecular weight is 212 g/mol. The quantitative estimate of drug-likeness (QED) is 0.745. The number of hydrogen-bond acceptors (Lipinski definition) is 1. The van der Waals surface area contributed by atoms with Crippen LogP contribution in [0.3, 0.4) is 0 Å². The third-order valence-corrected chi connectivity index (χ3v) is 1.48. The molecule has 0 unspecified atom stereocenters. The van der Waals surface area contributed by atoms with Crippen LogP contribution in [0, 0.1) is 17.5 Å². The van der Waals surface area contributed by atoms with Crippen LogP contribution < -0.4 is 5.73 Å². The largest absolute Gasteiger partial charge is 0.330 e. The Hall–Kier alpha value is -0.740. The molecule has 0 aliphatic carbocycles. The molecule has 0 atom stereocenters. The first-order valence-electron chi connectivity index (χ1n) is 3.48. The van der Waals surface area contributed by atoms with Crippen LogP contribution >= 0.6 is 12.4 Å². The molecule has 0 saturated carbocycles. The molecule has 0 saturated heterocycles. The Kier molecular flexibility index (Phi) is 4.80. The fraction of sp³-hybridized carbons (Fsp3) is 0.250. The van der Waals surface area contributed by atoms with Gasteiger partial charge in [0.2, 0.25) is 0 Å². The molecule has 0 bridgehead atoms. The molecule has 0 fully saturated rings. The fourth-order valence-corrected chi connectivity index (χ4v) is 0.947. The molecule has 0 radical (unpaired) electrons. The number of benzene rings is 1. The zero-order valence-electron chi connectivity index (χ0n) is 6.69. The number of nitrogens with two attached hydrogens (primary N) is 1. The number of halogens is 4. The molecule has 0 spiro atoms. The van der Waals surface area contributed by atoms with Crippen LogP contribution in [0.15, 0.2) is 12.1 Å². The summed E-state index contributed by atoms with van der Waals surface area (Å²) in [7, 11) is 0. The normalized spacial score (nSPS) is 9.54. The van der Waals surface area contributed by atoms with E-state index in [1.807, 2.05) is 0 Å². The average Bonchev–Trinajstić information content (AvgIpc) is 2.00. The number of hydrogen-bond donors (Lipinski definition) is 1. The first-order valence-corrected chi connectivity index (χ1v) is 3.48. The van der Waals surface area contributed by atoms with Gasteiger partial charge in [-0.3, -0.25) is 0 Å². The molecule has 0 aromatic heterocycles. The molecule has 13 heavy (non-hydrogen) atoms. The zero-order valence-corrected chi connectivity index (χ0v) is 7.50. The highest BCUT2D eigenvalue weighted by Crippen LogP contribution is 2.14. The van der Waals surface area contributed by atoms with E-state index in [4.69, 9.17) is 5.73 Å². The Balaban J connectivity index is 0.00000144. The predicted molar refractivity (Wildman–Crippen MR) is 46.3 cm³/mol. The summed E-state index contributed by atoms with van der Waals surface area (Å²) in [6, 6.07) is 1.46. The lowest BCUT2D eigenvalue weighted by atomic mass is 10.1. The molecule has 1 aromatic rings. The summed E-state index contributed by atoms with van der Waals surface area (Å²) >= 11 is 0. The van der Waals surface area contributed by atoms with Crippen LogP contribution in [-0.2, 0) is 6.42 Å². The molecule has 0 aliphatic rings. The van der Waals surface area contributed by atoms with Crippen molar-refractivity contribution in [1.82, 2.24) is 0 Å². The van der Waals surface area contributed by atoms with E-state index in [2.05, 4.69) is 0 Å². The minimum Gasteiger partial charge on any atom is -0.330 e. The SMILES string of the molecule is Cl.NCCc1cc(F)cc(F)c1F. The highest BCUT2D eigenvalue weighted by atomic mass is 35.5. The highest BCUT2D eigenvalue weighted by molar-refractivity contribution is 5.85. The van der Waals surface area contributed by atoms with Gasteiger partial charge in [0.25, 0.3) is 0 Å². The van der Waals surface area contributed by atoms with Gasteiger partial charge in [0.05, 0.1) is 0 Å². The zero-order chi connectivity index (χ0) is 9.14. The van der Waals surface area contributed by atoms with Gasteiger partial charge >= 0.3 is 0 Å². The van der Waals surface area contributed by atoms with Gasteiger partial charge in [-0.15, -0.1) is 12.4 Å². The molecule has 0 amide bonds. The van der Waals surface area contributed by atoms with E-state index in [0.717, 1.165) is 6.07 Å². The van der Waals surface area contributed by atoms with Crippen molar-refractivity contribution in [3.05, 3.63) is 35.1 Å². The molecule has 74 valence electrons. The molecule has 0 heterocycles. The van der Waals surface area contributed by atoms with E-state index in [-0.39, 0.29) is 30.9 Å². The molecule has 5 heteroatoms. The van der Waals surface area contributed by atoms with Crippen molar-refractivity contribution in [2.75, 3.05) is 6.54 Å². The molecule has 2 N–H and O–H groups in total. The lowest BCUT2D eigenvalue weighted by Crippen LogP contribution is -2.06. The van der Waals surface area contributed by atoms with E-state index in [1.165, 1.54) is 0 Å². The van der Waals surface area contributed by atoms with Gasteiger partial charge < -0.3 is 5.73 Å². The van der Waals surface area contributed by atoms with Gasteiger partial charge in [0.15, 0.2) is 11.6 Å². The summed E-state index contributed by atoms with van der Waals surface area (Å²) in [6.07, 6.45) is 0.139. The molecule has 0 aliphatic heterocycles. The van der Waals surface area contributed by atoms with E-state index in [9.17, 15) is 13.2 Å². The second-order valence-electron chi connectivity index (χ2n) is 2.40. The Labute approximate surface area is 80.2 Å². The Morgan fingerprint density at radius 2 is 1.77 bits per heavy atom. The maximum atomic E-state index is 12.8. The summed E-state index contributed by atoms with van der Waals surface area (Å²) < 4.78 is 37.8. The second-order valence-corrected chi connectivity index (χ2v) is 2.40. The molecular weight excluding hydrogens is 203 g/mol. The van der Waals surface area contributed by atoms with Crippen molar-refractivity contribution >= 4 is 12.4 Å². The molecular formula is C8H9ClF3N. The second kappa shape index (κ2) is 5.09. The van der Waals surface area contributed by atoms with Gasteiger partial charge in [-0.05, 0) is 24.6 Å². The minimum atomic E-state index is -1.17. The smallest absolute Gasteiger partial charge is 0.162 e. The molecule has 1 rings (SSSR count). The Morgan fingerprint density at radius 1 is 1.15 bits per heavy atom. The topological polar surface area (TPSA) is 26.0 Å². The van der Waals surface area contributed by atoms with Gasteiger partial charge in [0.1, 0.15) is 5.82 Å². The number of rotatable bonds is 2. The van der Waals surface area contributed by atoms with Crippen LogP contribution in [0.2, 0.25) is 0 Å². The molecule has 1 aromatic carbocycles. The van der Waals surface area contributed by atoms with Crippen LogP contribution in [0.5, 0.6) is 0 Å². The predicted octanol–water partition coefficient (Wildman–Crippen LogP) is 2.03. The summed E-state index contributed by atoms with van der Waals surface area (Å²) in [5.41, 5.74) is 5.10. The van der Waals surface area contributed by atoms with E-state index in [0.29, 0.717) is 6.07 Å². The lowest BCUT2D eigenvalue weighted by molar-refractivity contribution is 0.485. The summed E-state index contributed by atoms with van der Waals surface area (Å²) in [6.45, 7) is 0.166. The van der Waals surface area contributed by atoms with Gasteiger partial charge in [-0.2, -0.15) is 0 Å². The molecule has 1 nitrogen and oxygen atoms in total. The highest BCUT2D eigenvalue weighted by Gasteiger charge is 2.09. The third-order valence-electron chi connectivity index (χ3n) is 1.48. The van der Waals surface area contributed by atoms with Crippen molar-refractivity contribution in [1.29, 1.82) is 0 Å². The van der Waals surface area contributed by atoms with Crippen molar-refractivity contribution in [3.63, 3.8) is 0 Å². The van der Waals surface area contributed by atoms with Crippen molar-refractivity contribution in [2.45, 2.75) is 6.42 Å². The maximum Gasteiger partial charge on any atom is 0.162 e. The first kappa shape index (κ1) is 12.3. The Bertz CT molecular complexity index is 291. The summed E-state index contributed by atoms with van der Waals surface area (Å²) in [4.78, 5) is 0. The minimum absolute atomic E-state index is 0. The summed E-state index contributed by atoms with van der Waals surface area (Å²) in [5.74, 6) is -2.96. The van der Waals surface area contributed by atoms with Crippen LogP contribution in [0.25, 0.3) is 0 Å². The van der Waals surface area contributed by atoms with Crippen molar-refractivity contribution in [3.8, 4) is 0 Å². The van der Waals surface area contributed by atoms with E-state index >= 15 is 0 Å². The van der Waals surface area contributed by atoms with E-state index < -0.39 is 17.5 Å². The Morgan fingerprint density at radius 3 is 2.31 bits per heavy atom. The van der Waals surface area contributed by atoms with E-state index in [1.54, 1.807) is 0 Å². The van der Waals surface area contributed by atoms with Gasteiger partial charge in [-0.1, -0.05) is 0 Å². The standard InChI is InChI=1S/C8H8F3N.ClH/c9-6-3-5(1-2-12)8(11)7(10)4-6;/h3-4H,1-2,12H2;1H. The van der Waals surface area contributed by atoms with Gasteiger partial charge in [-0.25, -0.2) is 13.2 Å².